The molecule has 0 aliphatic carbocycles. The number of ether oxygens (including phenoxy) is 2. The fourth-order valence-corrected chi connectivity index (χ4v) is 2.53. The normalized spacial score (nSPS) is 17.8. The van der Waals surface area contributed by atoms with E-state index in [0.717, 1.165) is 5.75 Å². The molecule has 1 saturated heterocycles. The van der Waals surface area contributed by atoms with Gasteiger partial charge in [0.2, 0.25) is 0 Å². The molecule has 1 atom stereocenters. The van der Waals surface area contributed by atoms with Crippen molar-refractivity contribution in [1.29, 1.82) is 0 Å². The van der Waals surface area contributed by atoms with Crippen LogP contribution in [0, 0.1) is 0 Å². The van der Waals surface area contributed by atoms with E-state index in [4.69, 9.17) is 9.47 Å². The first kappa shape index (κ1) is 15.5. The Hall–Kier alpha value is -2.37. The number of morpholine rings is 1. The van der Waals surface area contributed by atoms with Gasteiger partial charge in [0.05, 0.1) is 25.9 Å². The highest BCUT2D eigenvalue weighted by molar-refractivity contribution is 5.94. The van der Waals surface area contributed by atoms with Crippen LogP contribution >= 0.6 is 0 Å². The molecular weight excluding hydrogens is 294 g/mol. The predicted octanol–water partition coefficient (Wildman–Crippen LogP) is 2.31. The predicted molar refractivity (Wildman–Crippen MR) is 85.7 cm³/mol. The Bertz CT molecular complexity index is 642. The van der Waals surface area contributed by atoms with Crippen LogP contribution in [0.15, 0.2) is 54.6 Å². The second-order valence-corrected chi connectivity index (χ2v) is 5.35. The molecule has 1 aliphatic rings. The first-order chi connectivity index (χ1) is 11.3. The summed E-state index contributed by atoms with van der Waals surface area (Å²) in [7, 11) is 0. The standard InChI is InChI=1S/C18H19NO4/c20-12-15-13-22-11-10-19(15)18(21)14-6-8-17(9-7-14)23-16-4-2-1-3-5-16/h1-9,15,20H,10-13H2/t15-/m0/s1. The number of aliphatic hydroxyl groups is 1. The second kappa shape index (κ2) is 7.26. The van der Waals surface area contributed by atoms with Gasteiger partial charge in [-0.3, -0.25) is 4.79 Å². The Morgan fingerprint density at radius 1 is 1.13 bits per heavy atom. The summed E-state index contributed by atoms with van der Waals surface area (Å²) in [6, 6.07) is 16.2. The van der Waals surface area contributed by atoms with Crippen LogP contribution in [0.3, 0.4) is 0 Å². The van der Waals surface area contributed by atoms with Gasteiger partial charge in [0, 0.05) is 12.1 Å². The van der Waals surface area contributed by atoms with Gasteiger partial charge in [-0.25, -0.2) is 0 Å². The van der Waals surface area contributed by atoms with Crippen LogP contribution in [0.5, 0.6) is 11.5 Å². The van der Waals surface area contributed by atoms with Gasteiger partial charge >= 0.3 is 0 Å². The summed E-state index contributed by atoms with van der Waals surface area (Å²) in [6.45, 7) is 1.27. The molecule has 1 aliphatic heterocycles. The molecule has 0 aromatic heterocycles. The molecule has 0 radical (unpaired) electrons. The summed E-state index contributed by atoms with van der Waals surface area (Å²) in [4.78, 5) is 14.2. The summed E-state index contributed by atoms with van der Waals surface area (Å²) in [6.07, 6.45) is 0. The molecule has 3 rings (SSSR count). The second-order valence-electron chi connectivity index (χ2n) is 5.35. The van der Waals surface area contributed by atoms with E-state index in [2.05, 4.69) is 0 Å². The fourth-order valence-electron chi connectivity index (χ4n) is 2.53. The highest BCUT2D eigenvalue weighted by Gasteiger charge is 2.27. The summed E-state index contributed by atoms with van der Waals surface area (Å²) in [5.41, 5.74) is 0.575. The molecule has 1 heterocycles. The summed E-state index contributed by atoms with van der Waals surface area (Å²) < 4.78 is 11.0. The highest BCUT2D eigenvalue weighted by Crippen LogP contribution is 2.22. The molecule has 0 bridgehead atoms. The van der Waals surface area contributed by atoms with Gasteiger partial charge in [-0.15, -0.1) is 0 Å². The Morgan fingerprint density at radius 3 is 2.52 bits per heavy atom. The minimum absolute atomic E-state index is 0.0963. The largest absolute Gasteiger partial charge is 0.457 e. The number of rotatable bonds is 4. The van der Waals surface area contributed by atoms with Gasteiger partial charge in [0.15, 0.2) is 0 Å². The van der Waals surface area contributed by atoms with E-state index in [9.17, 15) is 9.90 Å². The van der Waals surface area contributed by atoms with Crippen LogP contribution in [0.25, 0.3) is 0 Å². The first-order valence-electron chi connectivity index (χ1n) is 7.60. The van der Waals surface area contributed by atoms with E-state index in [1.165, 1.54) is 0 Å². The van der Waals surface area contributed by atoms with E-state index in [0.29, 0.717) is 31.1 Å². The van der Waals surface area contributed by atoms with Crippen LogP contribution in [0.2, 0.25) is 0 Å². The van der Waals surface area contributed by atoms with E-state index in [1.807, 2.05) is 30.3 Å². The van der Waals surface area contributed by atoms with Gasteiger partial charge in [-0.05, 0) is 36.4 Å². The number of carbonyl (C=O) groups is 1. The first-order valence-corrected chi connectivity index (χ1v) is 7.60. The van der Waals surface area contributed by atoms with Crippen molar-refractivity contribution in [3.8, 4) is 11.5 Å². The van der Waals surface area contributed by atoms with Gasteiger partial charge in [0.1, 0.15) is 11.5 Å². The van der Waals surface area contributed by atoms with Crippen molar-refractivity contribution < 1.29 is 19.4 Å². The van der Waals surface area contributed by atoms with E-state index in [1.54, 1.807) is 29.2 Å². The van der Waals surface area contributed by atoms with Crippen molar-refractivity contribution in [2.24, 2.45) is 0 Å². The molecule has 1 amide bonds. The lowest BCUT2D eigenvalue weighted by molar-refractivity contribution is -0.0183. The number of nitrogens with zero attached hydrogens (tertiary/aromatic N) is 1. The van der Waals surface area contributed by atoms with Gasteiger partial charge in [0.25, 0.3) is 5.91 Å². The molecule has 0 saturated carbocycles. The number of hydrogen-bond donors (Lipinski definition) is 1. The third-order valence-corrected chi connectivity index (χ3v) is 3.78. The summed E-state index contributed by atoms with van der Waals surface area (Å²) in [5.74, 6) is 1.33. The summed E-state index contributed by atoms with van der Waals surface area (Å²) >= 11 is 0. The molecule has 1 N–H and O–H groups in total. The average Bonchev–Trinajstić information content (AvgIpc) is 2.62. The third kappa shape index (κ3) is 3.70. The lowest BCUT2D eigenvalue weighted by Crippen LogP contribution is -2.50. The molecule has 5 nitrogen and oxygen atoms in total. The fraction of sp³-hybridized carbons (Fsp3) is 0.278. The molecule has 23 heavy (non-hydrogen) atoms. The van der Waals surface area contributed by atoms with Gasteiger partial charge < -0.3 is 19.5 Å². The van der Waals surface area contributed by atoms with Crippen LogP contribution < -0.4 is 4.74 Å². The maximum atomic E-state index is 12.6. The molecular formula is C18H19NO4. The van der Waals surface area contributed by atoms with E-state index in [-0.39, 0.29) is 18.6 Å². The quantitative estimate of drug-likeness (QED) is 0.941. The lowest BCUT2D eigenvalue weighted by Gasteiger charge is -2.34. The number of para-hydroxylation sites is 1. The molecule has 0 spiro atoms. The molecule has 2 aromatic carbocycles. The lowest BCUT2D eigenvalue weighted by atomic mass is 10.1. The molecule has 0 unspecified atom stereocenters. The van der Waals surface area contributed by atoms with Gasteiger partial charge in [-0.2, -0.15) is 0 Å². The summed E-state index contributed by atoms with van der Waals surface area (Å²) in [5, 5.41) is 9.37. The third-order valence-electron chi connectivity index (χ3n) is 3.78. The molecule has 120 valence electrons. The van der Waals surface area contributed by atoms with Crippen molar-refractivity contribution in [3.05, 3.63) is 60.2 Å². The zero-order valence-electron chi connectivity index (χ0n) is 12.7. The Balaban J connectivity index is 1.70. The number of hydrogen-bond acceptors (Lipinski definition) is 4. The van der Waals surface area contributed by atoms with Crippen molar-refractivity contribution in [1.82, 2.24) is 4.90 Å². The Kier molecular flexibility index (Phi) is 4.90. The number of aliphatic hydroxyl groups excluding tert-OH is 1. The molecule has 2 aromatic rings. The number of carbonyl (C=O) groups excluding carboxylic acids is 1. The van der Waals surface area contributed by atoms with Crippen LogP contribution in [-0.2, 0) is 4.74 Å². The zero-order valence-corrected chi connectivity index (χ0v) is 12.7. The molecule has 1 fully saturated rings. The minimum atomic E-state index is -0.281. The minimum Gasteiger partial charge on any atom is -0.457 e. The number of benzene rings is 2. The van der Waals surface area contributed by atoms with Crippen LogP contribution in [0.4, 0.5) is 0 Å². The van der Waals surface area contributed by atoms with Crippen molar-refractivity contribution >= 4 is 5.91 Å². The van der Waals surface area contributed by atoms with Crippen LogP contribution in [0.1, 0.15) is 10.4 Å². The van der Waals surface area contributed by atoms with Crippen LogP contribution in [-0.4, -0.2) is 48.3 Å². The SMILES string of the molecule is O=C(c1ccc(Oc2ccccc2)cc1)N1CCOC[C@@H]1CO. The topological polar surface area (TPSA) is 59.0 Å². The average molecular weight is 313 g/mol. The van der Waals surface area contributed by atoms with Crippen molar-refractivity contribution in [3.63, 3.8) is 0 Å². The van der Waals surface area contributed by atoms with E-state index >= 15 is 0 Å². The Labute approximate surface area is 135 Å². The monoisotopic (exact) mass is 313 g/mol. The van der Waals surface area contributed by atoms with Gasteiger partial charge in [-0.1, -0.05) is 18.2 Å². The zero-order chi connectivity index (χ0) is 16.1. The van der Waals surface area contributed by atoms with Crippen molar-refractivity contribution in [2.75, 3.05) is 26.4 Å². The number of amides is 1. The smallest absolute Gasteiger partial charge is 0.254 e. The maximum Gasteiger partial charge on any atom is 0.254 e. The maximum absolute atomic E-state index is 12.6. The van der Waals surface area contributed by atoms with Crippen molar-refractivity contribution in [2.45, 2.75) is 6.04 Å². The van der Waals surface area contributed by atoms with E-state index < -0.39 is 0 Å². The molecule has 5 heteroatoms. The Morgan fingerprint density at radius 2 is 1.83 bits per heavy atom. The highest BCUT2D eigenvalue weighted by atomic mass is 16.5.